The molecule has 0 atom stereocenters. The number of hydrogen-bond donors (Lipinski definition) is 2. The van der Waals surface area contributed by atoms with Crippen LogP contribution in [0.1, 0.15) is 50.6 Å². The lowest BCUT2D eigenvalue weighted by Gasteiger charge is -2.20. The summed E-state index contributed by atoms with van der Waals surface area (Å²) in [5, 5.41) is 5.09. The summed E-state index contributed by atoms with van der Waals surface area (Å²) in [7, 11) is 0. The molecule has 20 heavy (non-hydrogen) atoms. The van der Waals surface area contributed by atoms with E-state index in [2.05, 4.69) is 10.3 Å². The summed E-state index contributed by atoms with van der Waals surface area (Å²) in [5.41, 5.74) is 5.72. The van der Waals surface area contributed by atoms with Crippen molar-refractivity contribution in [2.75, 3.05) is 5.32 Å². The maximum Gasteiger partial charge on any atom is 0.226 e. The maximum absolute atomic E-state index is 11.9. The van der Waals surface area contributed by atoms with Crippen molar-refractivity contribution in [2.24, 2.45) is 11.7 Å². The Kier molecular flexibility index (Phi) is 5.52. The summed E-state index contributed by atoms with van der Waals surface area (Å²) >= 11 is 1.33. The number of aromatic nitrogens is 1. The zero-order valence-electron chi connectivity index (χ0n) is 11.6. The van der Waals surface area contributed by atoms with E-state index in [0.29, 0.717) is 23.2 Å². The fourth-order valence-electron chi connectivity index (χ4n) is 2.62. The van der Waals surface area contributed by atoms with Crippen LogP contribution in [0, 0.1) is 5.92 Å². The number of carbonyl (C=O) groups excluding carboxylic acids is 2. The first-order valence-electron chi connectivity index (χ1n) is 7.16. The first kappa shape index (κ1) is 15.0. The third-order valence-electron chi connectivity index (χ3n) is 3.66. The number of nitrogens with two attached hydrogens (primary N) is 1. The van der Waals surface area contributed by atoms with Gasteiger partial charge in [-0.25, -0.2) is 4.98 Å². The van der Waals surface area contributed by atoms with Gasteiger partial charge in [-0.05, 0) is 12.3 Å². The van der Waals surface area contributed by atoms with E-state index in [-0.39, 0.29) is 12.3 Å². The number of rotatable bonds is 6. The Morgan fingerprint density at radius 1 is 1.35 bits per heavy atom. The second kappa shape index (κ2) is 7.38. The van der Waals surface area contributed by atoms with Crippen LogP contribution < -0.4 is 11.1 Å². The average Bonchev–Trinajstić information content (AvgIpc) is 2.84. The van der Waals surface area contributed by atoms with Crippen molar-refractivity contribution in [1.82, 2.24) is 4.98 Å². The van der Waals surface area contributed by atoms with Crippen molar-refractivity contribution in [3.8, 4) is 0 Å². The third-order valence-corrected chi connectivity index (χ3v) is 4.46. The highest BCUT2D eigenvalue weighted by molar-refractivity contribution is 7.13. The monoisotopic (exact) mass is 295 g/mol. The molecule has 0 aliphatic heterocycles. The summed E-state index contributed by atoms with van der Waals surface area (Å²) in [5.74, 6) is 0.303. The van der Waals surface area contributed by atoms with Crippen LogP contribution in [0.25, 0.3) is 0 Å². The van der Waals surface area contributed by atoms with Crippen LogP contribution in [0.15, 0.2) is 5.38 Å². The minimum absolute atomic E-state index is 0.00977. The lowest BCUT2D eigenvalue weighted by Crippen LogP contribution is -2.15. The molecule has 110 valence electrons. The van der Waals surface area contributed by atoms with Gasteiger partial charge in [-0.3, -0.25) is 9.59 Å². The summed E-state index contributed by atoms with van der Waals surface area (Å²) in [6.07, 6.45) is 8.09. The summed E-state index contributed by atoms with van der Waals surface area (Å²) in [4.78, 5) is 26.8. The van der Waals surface area contributed by atoms with Gasteiger partial charge in [-0.15, -0.1) is 11.3 Å². The van der Waals surface area contributed by atoms with Gasteiger partial charge in [-0.1, -0.05) is 32.1 Å². The average molecular weight is 295 g/mol. The number of nitrogens with one attached hydrogen (secondary N) is 1. The third kappa shape index (κ3) is 4.92. The van der Waals surface area contributed by atoms with Gasteiger partial charge in [0.2, 0.25) is 11.8 Å². The van der Waals surface area contributed by atoms with E-state index in [1.165, 1.54) is 43.4 Å². The quantitative estimate of drug-likeness (QED) is 0.845. The van der Waals surface area contributed by atoms with Gasteiger partial charge < -0.3 is 11.1 Å². The second-order valence-corrected chi connectivity index (χ2v) is 6.24. The smallest absolute Gasteiger partial charge is 0.226 e. The molecule has 3 N–H and O–H groups in total. The van der Waals surface area contributed by atoms with Gasteiger partial charge in [0.15, 0.2) is 5.13 Å². The minimum atomic E-state index is -0.412. The Morgan fingerprint density at radius 3 is 2.80 bits per heavy atom. The molecule has 1 heterocycles. The molecule has 6 heteroatoms. The van der Waals surface area contributed by atoms with Crippen molar-refractivity contribution in [1.29, 1.82) is 0 Å². The molecule has 2 rings (SSSR count). The highest BCUT2D eigenvalue weighted by Crippen LogP contribution is 2.27. The van der Waals surface area contributed by atoms with E-state index in [9.17, 15) is 9.59 Å². The summed E-state index contributed by atoms with van der Waals surface area (Å²) in [6.45, 7) is 0. The first-order chi connectivity index (χ1) is 9.63. The highest BCUT2D eigenvalue weighted by Gasteiger charge is 2.15. The fraction of sp³-hybridized carbons (Fsp3) is 0.643. The van der Waals surface area contributed by atoms with E-state index in [1.54, 1.807) is 5.38 Å². The van der Waals surface area contributed by atoms with Crippen molar-refractivity contribution in [3.05, 3.63) is 11.1 Å². The normalized spacial score (nSPS) is 16.0. The molecule has 1 aromatic rings. The van der Waals surface area contributed by atoms with Crippen molar-refractivity contribution >= 4 is 28.3 Å². The molecule has 1 aliphatic rings. The number of anilines is 1. The predicted molar refractivity (Wildman–Crippen MR) is 79.5 cm³/mol. The molecular formula is C14H21N3O2S. The standard InChI is InChI=1S/C14H21N3O2S/c15-12(18)8-11-9-20-14(16-11)17-13(19)7-6-10-4-2-1-3-5-10/h9-10H,1-8H2,(H2,15,18)(H,16,17,19). The van der Waals surface area contributed by atoms with Crippen molar-refractivity contribution < 1.29 is 9.59 Å². The van der Waals surface area contributed by atoms with E-state index in [0.717, 1.165) is 6.42 Å². The zero-order chi connectivity index (χ0) is 14.4. The second-order valence-electron chi connectivity index (χ2n) is 5.38. The lowest BCUT2D eigenvalue weighted by atomic mass is 9.86. The molecule has 0 aromatic carbocycles. The molecule has 0 spiro atoms. The molecule has 1 aliphatic carbocycles. The number of thiazole rings is 1. The Bertz CT molecular complexity index is 467. The molecule has 1 fully saturated rings. The predicted octanol–water partition coefficient (Wildman–Crippen LogP) is 2.47. The molecule has 5 nitrogen and oxygen atoms in total. The van der Waals surface area contributed by atoms with Crippen LogP contribution in [0.2, 0.25) is 0 Å². The lowest BCUT2D eigenvalue weighted by molar-refractivity contribution is -0.117. The van der Waals surface area contributed by atoms with Gasteiger partial charge in [0.1, 0.15) is 0 Å². The van der Waals surface area contributed by atoms with E-state index >= 15 is 0 Å². The number of carbonyl (C=O) groups is 2. The highest BCUT2D eigenvalue weighted by atomic mass is 32.1. The van der Waals surface area contributed by atoms with Crippen LogP contribution in [0.3, 0.4) is 0 Å². The number of hydrogen-bond acceptors (Lipinski definition) is 4. The van der Waals surface area contributed by atoms with Crippen LogP contribution in [0.4, 0.5) is 5.13 Å². The first-order valence-corrected chi connectivity index (χ1v) is 8.04. The number of amides is 2. The van der Waals surface area contributed by atoms with Gasteiger partial charge in [0.05, 0.1) is 12.1 Å². The Morgan fingerprint density at radius 2 is 2.10 bits per heavy atom. The van der Waals surface area contributed by atoms with Crippen LogP contribution in [0.5, 0.6) is 0 Å². The molecule has 0 radical (unpaired) electrons. The van der Waals surface area contributed by atoms with Crippen LogP contribution >= 0.6 is 11.3 Å². The molecule has 0 saturated heterocycles. The Labute approximate surface area is 123 Å². The van der Waals surface area contributed by atoms with Crippen LogP contribution in [-0.2, 0) is 16.0 Å². The van der Waals surface area contributed by atoms with Crippen molar-refractivity contribution in [2.45, 2.75) is 51.4 Å². The van der Waals surface area contributed by atoms with Gasteiger partial charge >= 0.3 is 0 Å². The molecular weight excluding hydrogens is 274 g/mol. The zero-order valence-corrected chi connectivity index (χ0v) is 12.4. The largest absolute Gasteiger partial charge is 0.369 e. The molecule has 2 amide bonds. The van der Waals surface area contributed by atoms with Gasteiger partial charge in [0.25, 0.3) is 0 Å². The van der Waals surface area contributed by atoms with Crippen molar-refractivity contribution in [3.63, 3.8) is 0 Å². The minimum Gasteiger partial charge on any atom is -0.369 e. The van der Waals surface area contributed by atoms with Crippen LogP contribution in [-0.4, -0.2) is 16.8 Å². The van der Waals surface area contributed by atoms with Gasteiger partial charge in [0, 0.05) is 11.8 Å². The Hall–Kier alpha value is -1.43. The summed E-state index contributed by atoms with van der Waals surface area (Å²) < 4.78 is 0. The fourth-order valence-corrected chi connectivity index (χ4v) is 3.34. The van der Waals surface area contributed by atoms with E-state index in [1.807, 2.05) is 0 Å². The summed E-state index contributed by atoms with van der Waals surface area (Å²) in [6, 6.07) is 0. The maximum atomic E-state index is 11.9. The van der Waals surface area contributed by atoms with E-state index in [4.69, 9.17) is 5.73 Å². The molecule has 1 aromatic heterocycles. The molecule has 0 unspecified atom stereocenters. The Balaban J connectivity index is 1.73. The number of primary amides is 1. The topological polar surface area (TPSA) is 85.1 Å². The molecule has 0 bridgehead atoms. The molecule has 1 saturated carbocycles. The van der Waals surface area contributed by atoms with E-state index < -0.39 is 5.91 Å². The SMILES string of the molecule is NC(=O)Cc1csc(NC(=O)CCC2CCCCC2)n1. The number of nitrogens with zero attached hydrogens (tertiary/aromatic N) is 1. The van der Waals surface area contributed by atoms with Gasteiger partial charge in [-0.2, -0.15) is 0 Å².